The van der Waals surface area contributed by atoms with Crippen LogP contribution in [-0.4, -0.2) is 28.6 Å². The summed E-state index contributed by atoms with van der Waals surface area (Å²) in [4.78, 5) is 25.7. The number of benzene rings is 3. The molecule has 0 aliphatic heterocycles. The molecule has 35 heavy (non-hydrogen) atoms. The van der Waals surface area contributed by atoms with Gasteiger partial charge in [0.2, 0.25) is 0 Å². The van der Waals surface area contributed by atoms with Crippen molar-refractivity contribution < 1.29 is 19.4 Å². The molecule has 0 fully saturated rings. The quantitative estimate of drug-likeness (QED) is 0.413. The topological polar surface area (TPSA) is 99.4 Å². The van der Waals surface area contributed by atoms with E-state index in [0.29, 0.717) is 17.0 Å². The van der Waals surface area contributed by atoms with E-state index in [1.165, 1.54) is 26.0 Å². The number of hydrogen-bond acceptors (Lipinski definition) is 5. The molecule has 0 aliphatic rings. The molecule has 0 saturated carbocycles. The lowest BCUT2D eigenvalue weighted by molar-refractivity contribution is -0.138. The fourth-order valence-electron chi connectivity index (χ4n) is 3.76. The molecule has 2 N–H and O–H groups in total. The average molecular weight is 491 g/mol. The van der Waals surface area contributed by atoms with Crippen LogP contribution in [0.25, 0.3) is 0 Å². The van der Waals surface area contributed by atoms with E-state index < -0.39 is 17.5 Å². The summed E-state index contributed by atoms with van der Waals surface area (Å²) in [6, 6.07) is 22.5. The van der Waals surface area contributed by atoms with E-state index in [-0.39, 0.29) is 23.3 Å². The summed E-state index contributed by atoms with van der Waals surface area (Å²) in [5.74, 6) is -1.66. The first-order valence-corrected chi connectivity index (χ1v) is 11.6. The highest BCUT2D eigenvalue weighted by Gasteiger charge is 2.35. The Bertz CT molecular complexity index is 1250. The fourth-order valence-corrected chi connectivity index (χ4v) is 3.88. The molecule has 3 aromatic rings. The van der Waals surface area contributed by atoms with Gasteiger partial charge < -0.3 is 15.2 Å². The van der Waals surface area contributed by atoms with Crippen LogP contribution in [0.15, 0.2) is 72.8 Å². The van der Waals surface area contributed by atoms with Crippen LogP contribution in [0.2, 0.25) is 5.02 Å². The van der Waals surface area contributed by atoms with Gasteiger partial charge in [-0.25, -0.2) is 4.79 Å². The highest BCUT2D eigenvalue weighted by Crippen LogP contribution is 2.27. The van der Waals surface area contributed by atoms with Crippen molar-refractivity contribution in [1.29, 1.82) is 5.26 Å². The predicted molar refractivity (Wildman–Crippen MR) is 134 cm³/mol. The van der Waals surface area contributed by atoms with Gasteiger partial charge in [-0.1, -0.05) is 48.0 Å². The van der Waals surface area contributed by atoms with Crippen molar-refractivity contribution in [3.05, 3.63) is 100 Å². The van der Waals surface area contributed by atoms with Crippen molar-refractivity contribution in [1.82, 2.24) is 5.32 Å². The molecule has 0 saturated heterocycles. The van der Waals surface area contributed by atoms with Gasteiger partial charge in [-0.15, -0.1) is 0 Å². The Balaban J connectivity index is 1.81. The zero-order valence-corrected chi connectivity index (χ0v) is 20.5. The highest BCUT2D eigenvalue weighted by atomic mass is 35.5. The zero-order valence-electron chi connectivity index (χ0n) is 19.8. The monoisotopic (exact) mass is 490 g/mol. The number of phenolic OH excluding ortho intramolecular Hbond substituents is 1. The molecular weight excluding hydrogens is 464 g/mol. The van der Waals surface area contributed by atoms with Crippen LogP contribution in [0.5, 0.6) is 5.75 Å². The van der Waals surface area contributed by atoms with Crippen LogP contribution in [0.4, 0.5) is 0 Å². The minimum Gasteiger partial charge on any atom is -0.507 e. The maximum absolute atomic E-state index is 13.2. The maximum atomic E-state index is 13.2. The van der Waals surface area contributed by atoms with E-state index in [9.17, 15) is 20.0 Å². The van der Waals surface area contributed by atoms with Crippen LogP contribution in [-0.2, 0) is 16.0 Å². The number of ether oxygens (including phenoxy) is 1. The number of rotatable bonds is 8. The van der Waals surface area contributed by atoms with Crippen LogP contribution in [0.1, 0.15) is 53.7 Å². The summed E-state index contributed by atoms with van der Waals surface area (Å²) in [5.41, 5.74) is 0.936. The first-order valence-electron chi connectivity index (χ1n) is 11.2. The summed E-state index contributed by atoms with van der Waals surface area (Å²) < 4.78 is 5.45. The maximum Gasteiger partial charge on any atom is 0.342 e. The summed E-state index contributed by atoms with van der Waals surface area (Å²) in [7, 11) is 0. The molecule has 2 atom stereocenters. The molecule has 0 aliphatic carbocycles. The number of phenols is 1. The Morgan fingerprint density at radius 2 is 1.77 bits per heavy atom. The summed E-state index contributed by atoms with van der Waals surface area (Å²) in [6.45, 7) is 4.87. The molecule has 0 unspecified atom stereocenters. The van der Waals surface area contributed by atoms with E-state index in [0.717, 1.165) is 11.1 Å². The Morgan fingerprint density at radius 3 is 2.43 bits per heavy atom. The van der Waals surface area contributed by atoms with Crippen molar-refractivity contribution in [2.75, 3.05) is 0 Å². The number of hydrogen-bond donors (Lipinski definition) is 2. The zero-order chi connectivity index (χ0) is 25.6. The number of nitrogens with one attached hydrogen (secondary N) is 1. The molecule has 180 valence electrons. The second kappa shape index (κ2) is 11.1. The van der Waals surface area contributed by atoms with Gasteiger partial charge in [0, 0.05) is 17.0 Å². The Labute approximate surface area is 210 Å². The summed E-state index contributed by atoms with van der Waals surface area (Å²) in [5, 5.41) is 22.9. The van der Waals surface area contributed by atoms with Gasteiger partial charge in [0.1, 0.15) is 11.3 Å². The van der Waals surface area contributed by atoms with Crippen LogP contribution in [0.3, 0.4) is 0 Å². The molecule has 7 heteroatoms. The number of nitrogens with zero attached hydrogens (tertiary/aromatic N) is 1. The van der Waals surface area contributed by atoms with Crippen LogP contribution >= 0.6 is 11.6 Å². The Morgan fingerprint density at radius 1 is 1.09 bits per heavy atom. The van der Waals surface area contributed by atoms with Gasteiger partial charge in [0.25, 0.3) is 5.91 Å². The Kier molecular flexibility index (Phi) is 8.16. The third kappa shape index (κ3) is 6.62. The van der Waals surface area contributed by atoms with E-state index in [1.54, 1.807) is 18.2 Å². The molecule has 3 rings (SSSR count). The molecule has 0 bridgehead atoms. The first kappa shape index (κ1) is 25.8. The summed E-state index contributed by atoms with van der Waals surface area (Å²) in [6.07, 6.45) is 0.589. The van der Waals surface area contributed by atoms with Crippen molar-refractivity contribution in [2.24, 2.45) is 0 Å². The van der Waals surface area contributed by atoms with Crippen molar-refractivity contribution in [2.45, 2.75) is 44.8 Å². The minimum atomic E-state index is -1.49. The lowest BCUT2D eigenvalue weighted by atomic mass is 9.85. The number of halogens is 1. The average Bonchev–Trinajstić information content (AvgIpc) is 2.83. The number of carbonyl (C=O) groups is 2. The molecule has 3 aromatic carbocycles. The summed E-state index contributed by atoms with van der Waals surface area (Å²) >= 11 is 6.03. The number of nitriles is 1. The second-order valence-corrected chi connectivity index (χ2v) is 9.29. The first-order chi connectivity index (χ1) is 16.6. The number of para-hydroxylation sites is 1. The van der Waals surface area contributed by atoms with Crippen molar-refractivity contribution >= 4 is 23.5 Å². The highest BCUT2D eigenvalue weighted by molar-refractivity contribution is 6.30. The third-order valence-electron chi connectivity index (χ3n) is 5.79. The second-order valence-electron chi connectivity index (χ2n) is 8.85. The number of carbonyl (C=O) groups excluding carboxylic acids is 2. The molecule has 0 heterocycles. The van der Waals surface area contributed by atoms with Gasteiger partial charge in [-0.05, 0) is 74.7 Å². The van der Waals surface area contributed by atoms with Crippen LogP contribution in [0, 0.1) is 11.3 Å². The van der Waals surface area contributed by atoms with Crippen molar-refractivity contribution in [3.8, 4) is 11.8 Å². The number of aromatic hydroxyl groups is 1. The van der Waals surface area contributed by atoms with E-state index in [4.69, 9.17) is 16.3 Å². The smallest absolute Gasteiger partial charge is 0.342 e. The van der Waals surface area contributed by atoms with Gasteiger partial charge >= 0.3 is 5.97 Å². The van der Waals surface area contributed by atoms with E-state index in [2.05, 4.69) is 11.4 Å². The number of esters is 1. The van der Waals surface area contributed by atoms with E-state index in [1.807, 2.05) is 49.4 Å². The third-order valence-corrected chi connectivity index (χ3v) is 6.05. The molecule has 0 radical (unpaired) electrons. The number of amides is 1. The Hall–Kier alpha value is -3.82. The molecule has 1 amide bonds. The SMILES string of the molecule is C[C@H](NC(=O)C(C)(C)OC(=O)c1ccccc1O)[C@@H](Cc1ccc(Cl)cc1)c1cccc(C#N)c1. The molecule has 0 spiro atoms. The van der Waals surface area contributed by atoms with Gasteiger partial charge in [-0.2, -0.15) is 5.26 Å². The molecule has 0 aromatic heterocycles. The van der Waals surface area contributed by atoms with Gasteiger partial charge in [0.05, 0.1) is 11.6 Å². The normalized spacial score (nSPS) is 12.8. The molecular formula is C28H27ClN2O4. The van der Waals surface area contributed by atoms with Gasteiger partial charge in [-0.3, -0.25) is 4.79 Å². The lowest BCUT2D eigenvalue weighted by Gasteiger charge is -2.30. The fraction of sp³-hybridized carbons (Fsp3) is 0.250. The lowest BCUT2D eigenvalue weighted by Crippen LogP contribution is -2.50. The standard InChI is InChI=1S/C28H27ClN2O4/c1-18(31-27(34)28(2,3)35-26(33)23-9-4-5-10-25(23)32)24(16-19-11-13-22(29)14-12-19)21-8-6-7-20(15-21)17-30/h4-15,18,24,32H,16H2,1-3H3,(H,31,34)/t18-,24+/m0/s1. The molecule has 6 nitrogen and oxygen atoms in total. The minimum absolute atomic E-state index is 0.0182. The largest absolute Gasteiger partial charge is 0.507 e. The van der Waals surface area contributed by atoms with Gasteiger partial charge in [0.15, 0.2) is 5.60 Å². The van der Waals surface area contributed by atoms with E-state index >= 15 is 0 Å². The van der Waals surface area contributed by atoms with Crippen LogP contribution < -0.4 is 5.32 Å². The van der Waals surface area contributed by atoms with Crippen molar-refractivity contribution in [3.63, 3.8) is 0 Å². The predicted octanol–water partition coefficient (Wildman–Crippen LogP) is 5.38.